The monoisotopic (exact) mass is 422 g/mol. The van der Waals surface area contributed by atoms with Crippen LogP contribution in [0, 0.1) is 13.8 Å². The van der Waals surface area contributed by atoms with Crippen LogP contribution >= 0.6 is 11.8 Å². The third-order valence-electron chi connectivity index (χ3n) is 5.19. The molecule has 154 valence electrons. The summed E-state index contributed by atoms with van der Waals surface area (Å²) in [6.07, 6.45) is 0.611. The van der Waals surface area contributed by atoms with Crippen molar-refractivity contribution >= 4 is 34.6 Å². The van der Waals surface area contributed by atoms with Crippen molar-refractivity contribution in [2.24, 2.45) is 0 Å². The van der Waals surface area contributed by atoms with Gasteiger partial charge in [0.2, 0.25) is 5.91 Å². The number of para-hydroxylation sites is 1. The van der Waals surface area contributed by atoms with E-state index in [4.69, 9.17) is 4.98 Å². The fraction of sp³-hybridized carbons (Fsp3) is 0.273. The molecule has 1 saturated heterocycles. The molecule has 0 spiro atoms. The number of nitrogens with one attached hydrogen (secondary N) is 1. The molecule has 1 fully saturated rings. The molecule has 0 saturated carbocycles. The first kappa shape index (κ1) is 20.2. The zero-order valence-corrected chi connectivity index (χ0v) is 17.7. The van der Waals surface area contributed by atoms with Crippen LogP contribution in [0.2, 0.25) is 0 Å². The number of amides is 3. The molecule has 4 rings (SSSR count). The van der Waals surface area contributed by atoms with Crippen molar-refractivity contribution in [1.82, 2.24) is 19.8 Å². The van der Waals surface area contributed by atoms with Crippen LogP contribution in [0.3, 0.4) is 0 Å². The Morgan fingerprint density at radius 3 is 2.60 bits per heavy atom. The SMILES string of the molecule is Cc1ccc(-n2c(SCCCN3C(=O)CNC3=O)nc3ccccc3c2=O)cc1C. The molecular formula is C22H22N4O3S. The maximum Gasteiger partial charge on any atom is 0.324 e. The maximum atomic E-state index is 13.3. The maximum absolute atomic E-state index is 13.3. The second kappa shape index (κ2) is 8.31. The molecule has 3 aromatic rings. The molecule has 1 aromatic heterocycles. The van der Waals surface area contributed by atoms with Crippen LogP contribution in [0.15, 0.2) is 52.4 Å². The predicted molar refractivity (Wildman–Crippen MR) is 117 cm³/mol. The van der Waals surface area contributed by atoms with Crippen molar-refractivity contribution in [3.05, 3.63) is 63.9 Å². The smallest absolute Gasteiger partial charge is 0.324 e. The highest BCUT2D eigenvalue weighted by Crippen LogP contribution is 2.23. The second-order valence-corrected chi connectivity index (χ2v) is 8.29. The van der Waals surface area contributed by atoms with E-state index >= 15 is 0 Å². The van der Waals surface area contributed by atoms with Crippen LogP contribution in [0.5, 0.6) is 0 Å². The quantitative estimate of drug-likeness (QED) is 0.286. The van der Waals surface area contributed by atoms with Gasteiger partial charge in [0, 0.05) is 12.3 Å². The number of hydrogen-bond donors (Lipinski definition) is 1. The standard InChI is InChI=1S/C22H22N4O3S/c1-14-8-9-16(12-15(14)2)26-20(28)17-6-3-4-7-18(17)24-22(26)30-11-5-10-25-19(27)13-23-21(25)29/h3-4,6-9,12H,5,10-11,13H2,1-2H3,(H,23,29). The van der Waals surface area contributed by atoms with Gasteiger partial charge >= 0.3 is 6.03 Å². The van der Waals surface area contributed by atoms with Crippen LogP contribution in [-0.2, 0) is 4.79 Å². The van der Waals surface area contributed by atoms with Gasteiger partial charge in [-0.05, 0) is 55.7 Å². The minimum absolute atomic E-state index is 0.0600. The molecular weight excluding hydrogens is 400 g/mol. The second-order valence-electron chi connectivity index (χ2n) is 7.23. The lowest BCUT2D eigenvalue weighted by Gasteiger charge is -2.15. The van der Waals surface area contributed by atoms with Gasteiger partial charge in [-0.2, -0.15) is 0 Å². The van der Waals surface area contributed by atoms with Crippen LogP contribution in [0.1, 0.15) is 17.5 Å². The summed E-state index contributed by atoms with van der Waals surface area (Å²) in [7, 11) is 0. The number of nitrogens with zero attached hydrogens (tertiary/aromatic N) is 3. The topological polar surface area (TPSA) is 84.3 Å². The number of imide groups is 1. The summed E-state index contributed by atoms with van der Waals surface area (Å²) in [6, 6.07) is 12.9. The number of carbonyl (C=O) groups is 2. The molecule has 7 nitrogen and oxygen atoms in total. The molecule has 8 heteroatoms. The number of benzene rings is 2. The summed E-state index contributed by atoms with van der Waals surface area (Å²) in [5.41, 5.74) is 3.57. The van der Waals surface area contributed by atoms with E-state index in [1.54, 1.807) is 10.6 Å². The molecule has 0 atom stereocenters. The Labute approximate surface area is 178 Å². The lowest BCUT2D eigenvalue weighted by atomic mass is 10.1. The molecule has 0 unspecified atom stereocenters. The molecule has 1 N–H and O–H groups in total. The van der Waals surface area contributed by atoms with Gasteiger partial charge in [-0.1, -0.05) is 30.0 Å². The van der Waals surface area contributed by atoms with Crippen molar-refractivity contribution in [1.29, 1.82) is 0 Å². The highest BCUT2D eigenvalue weighted by molar-refractivity contribution is 7.99. The third kappa shape index (κ3) is 3.82. The van der Waals surface area contributed by atoms with E-state index in [1.165, 1.54) is 16.7 Å². The number of fused-ring (bicyclic) bond motifs is 1. The lowest BCUT2D eigenvalue weighted by Crippen LogP contribution is -2.32. The summed E-state index contributed by atoms with van der Waals surface area (Å²) < 4.78 is 1.65. The van der Waals surface area contributed by atoms with Gasteiger partial charge in [-0.3, -0.25) is 19.1 Å². The normalized spacial score (nSPS) is 13.9. The van der Waals surface area contributed by atoms with Crippen LogP contribution < -0.4 is 10.9 Å². The predicted octanol–water partition coefficient (Wildman–Crippen LogP) is 3.04. The number of thioether (sulfide) groups is 1. The average molecular weight is 423 g/mol. The van der Waals surface area contributed by atoms with Crippen molar-refractivity contribution in [3.8, 4) is 5.69 Å². The molecule has 2 aromatic carbocycles. The van der Waals surface area contributed by atoms with Crippen molar-refractivity contribution in [3.63, 3.8) is 0 Å². The Morgan fingerprint density at radius 1 is 1.07 bits per heavy atom. The Kier molecular flexibility index (Phi) is 5.59. The van der Waals surface area contributed by atoms with Gasteiger partial charge < -0.3 is 5.32 Å². The van der Waals surface area contributed by atoms with Crippen molar-refractivity contribution < 1.29 is 9.59 Å². The van der Waals surface area contributed by atoms with Gasteiger partial charge in [0.15, 0.2) is 5.16 Å². The number of aromatic nitrogens is 2. The van der Waals surface area contributed by atoms with Gasteiger partial charge in [0.05, 0.1) is 23.1 Å². The van der Waals surface area contributed by atoms with Gasteiger partial charge in [0.1, 0.15) is 0 Å². The van der Waals surface area contributed by atoms with Gasteiger partial charge in [-0.25, -0.2) is 9.78 Å². The average Bonchev–Trinajstić information content (AvgIpc) is 3.05. The highest BCUT2D eigenvalue weighted by Gasteiger charge is 2.27. The Morgan fingerprint density at radius 2 is 1.87 bits per heavy atom. The highest BCUT2D eigenvalue weighted by atomic mass is 32.2. The first-order chi connectivity index (χ1) is 14.5. The van der Waals surface area contributed by atoms with Gasteiger partial charge in [-0.15, -0.1) is 0 Å². The van der Waals surface area contributed by atoms with Crippen molar-refractivity contribution in [2.75, 3.05) is 18.8 Å². The van der Waals surface area contributed by atoms with E-state index in [9.17, 15) is 14.4 Å². The minimum atomic E-state index is -0.346. The van der Waals surface area contributed by atoms with Crippen LogP contribution in [0.4, 0.5) is 4.79 Å². The van der Waals surface area contributed by atoms with E-state index in [1.807, 2.05) is 50.2 Å². The Bertz CT molecular complexity index is 1190. The number of hydrogen-bond acceptors (Lipinski definition) is 5. The molecule has 30 heavy (non-hydrogen) atoms. The Hall–Kier alpha value is -3.13. The zero-order valence-electron chi connectivity index (χ0n) is 16.8. The van der Waals surface area contributed by atoms with E-state index < -0.39 is 0 Å². The van der Waals surface area contributed by atoms with E-state index in [0.29, 0.717) is 34.8 Å². The Balaban J connectivity index is 1.64. The number of aryl methyl sites for hydroxylation is 2. The summed E-state index contributed by atoms with van der Waals surface area (Å²) >= 11 is 1.45. The molecule has 3 amide bonds. The van der Waals surface area contributed by atoms with E-state index in [0.717, 1.165) is 16.8 Å². The summed E-state index contributed by atoms with van der Waals surface area (Å²) in [4.78, 5) is 42.6. The number of rotatable bonds is 6. The van der Waals surface area contributed by atoms with E-state index in [-0.39, 0.29) is 24.0 Å². The molecule has 1 aliphatic heterocycles. The fourth-order valence-electron chi connectivity index (χ4n) is 3.37. The lowest BCUT2D eigenvalue weighted by molar-refractivity contribution is -0.124. The molecule has 1 aliphatic rings. The molecule has 2 heterocycles. The van der Waals surface area contributed by atoms with Crippen LogP contribution in [0.25, 0.3) is 16.6 Å². The number of urea groups is 1. The summed E-state index contributed by atoms with van der Waals surface area (Å²) in [5, 5.41) is 3.68. The molecule has 0 aliphatic carbocycles. The molecule has 0 bridgehead atoms. The van der Waals surface area contributed by atoms with Crippen molar-refractivity contribution in [2.45, 2.75) is 25.4 Å². The van der Waals surface area contributed by atoms with Gasteiger partial charge in [0.25, 0.3) is 5.56 Å². The minimum Gasteiger partial charge on any atom is -0.329 e. The zero-order chi connectivity index (χ0) is 21.3. The fourth-order valence-corrected chi connectivity index (χ4v) is 4.31. The first-order valence-electron chi connectivity index (χ1n) is 9.76. The third-order valence-corrected chi connectivity index (χ3v) is 6.21. The summed E-state index contributed by atoms with van der Waals surface area (Å²) in [6.45, 7) is 4.46. The number of carbonyl (C=O) groups excluding carboxylic acids is 2. The largest absolute Gasteiger partial charge is 0.329 e. The summed E-state index contributed by atoms with van der Waals surface area (Å²) in [5.74, 6) is 0.410. The van der Waals surface area contributed by atoms with Crippen LogP contribution in [-0.4, -0.2) is 45.2 Å². The van der Waals surface area contributed by atoms with E-state index in [2.05, 4.69) is 5.32 Å². The molecule has 0 radical (unpaired) electrons. The first-order valence-corrected chi connectivity index (χ1v) is 10.7.